The van der Waals surface area contributed by atoms with Gasteiger partial charge < -0.3 is 14.3 Å². The van der Waals surface area contributed by atoms with E-state index in [1.165, 1.54) is 0 Å². The van der Waals surface area contributed by atoms with Crippen LogP contribution in [0.1, 0.15) is 31.0 Å². The van der Waals surface area contributed by atoms with E-state index in [0.29, 0.717) is 0 Å². The highest BCUT2D eigenvalue weighted by molar-refractivity contribution is 5.03. The van der Waals surface area contributed by atoms with Gasteiger partial charge in [-0.25, -0.2) is 4.98 Å². The van der Waals surface area contributed by atoms with Gasteiger partial charge in [-0.2, -0.15) is 0 Å². The molecule has 1 atom stereocenters. The quantitative estimate of drug-likeness (QED) is 0.832. The second-order valence-corrected chi connectivity index (χ2v) is 4.12. The summed E-state index contributed by atoms with van der Waals surface area (Å²) in [4.78, 5) is 4.40. The number of aromatic nitrogens is 2. The molecule has 0 saturated carbocycles. The van der Waals surface area contributed by atoms with Gasteiger partial charge in [-0.1, -0.05) is 6.92 Å². The molecule has 0 spiro atoms. The van der Waals surface area contributed by atoms with Crippen molar-refractivity contribution in [2.24, 2.45) is 7.05 Å². The van der Waals surface area contributed by atoms with Gasteiger partial charge in [0, 0.05) is 25.9 Å². The van der Waals surface area contributed by atoms with Gasteiger partial charge in [-0.15, -0.1) is 0 Å². The summed E-state index contributed by atoms with van der Waals surface area (Å²) in [6, 6.07) is 4.23. The minimum Gasteiger partial charge on any atom is -0.469 e. The van der Waals surface area contributed by atoms with Crippen molar-refractivity contribution >= 4 is 0 Å². The number of aryl methyl sites for hydroxylation is 2. The Morgan fingerprint density at radius 1 is 1.53 bits per heavy atom. The number of nitrogens with one attached hydrogen (secondary N) is 1. The Balaban J connectivity index is 2.00. The highest BCUT2D eigenvalue weighted by Crippen LogP contribution is 2.17. The number of hydrogen-bond acceptors (Lipinski definition) is 3. The Kier molecular flexibility index (Phi) is 3.98. The Hall–Kier alpha value is -1.55. The maximum Gasteiger partial charge on any atom is 0.125 e. The maximum atomic E-state index is 5.35. The Morgan fingerprint density at radius 3 is 3.00 bits per heavy atom. The largest absolute Gasteiger partial charge is 0.469 e. The summed E-state index contributed by atoms with van der Waals surface area (Å²) in [5.41, 5.74) is 0. The average Bonchev–Trinajstić information content (AvgIpc) is 2.95. The lowest BCUT2D eigenvalue weighted by Gasteiger charge is -2.16. The normalized spacial score (nSPS) is 12.8. The lowest BCUT2D eigenvalue weighted by molar-refractivity contribution is 0.440. The molecule has 2 aromatic rings. The molecular formula is C13H19N3O. The minimum atomic E-state index is 0.282. The molecule has 4 nitrogen and oxygen atoms in total. The van der Waals surface area contributed by atoms with Gasteiger partial charge in [0.25, 0.3) is 0 Å². The zero-order valence-corrected chi connectivity index (χ0v) is 10.4. The molecule has 2 heterocycles. The maximum absolute atomic E-state index is 5.35. The van der Waals surface area contributed by atoms with Gasteiger partial charge in [0.1, 0.15) is 11.6 Å². The van der Waals surface area contributed by atoms with Crippen LogP contribution in [0.25, 0.3) is 0 Å². The molecule has 0 amide bonds. The predicted molar refractivity (Wildman–Crippen MR) is 66.7 cm³/mol. The summed E-state index contributed by atoms with van der Waals surface area (Å²) in [7, 11) is 2.03. The Labute approximate surface area is 102 Å². The summed E-state index contributed by atoms with van der Waals surface area (Å²) in [5.74, 6) is 2.11. The van der Waals surface area contributed by atoms with E-state index in [2.05, 4.69) is 21.8 Å². The van der Waals surface area contributed by atoms with Crippen LogP contribution in [0.3, 0.4) is 0 Å². The van der Waals surface area contributed by atoms with E-state index in [-0.39, 0.29) is 6.04 Å². The van der Waals surface area contributed by atoms with E-state index in [4.69, 9.17) is 4.42 Å². The molecule has 0 aliphatic carbocycles. The van der Waals surface area contributed by atoms with Crippen molar-refractivity contribution in [1.29, 1.82) is 0 Å². The second-order valence-electron chi connectivity index (χ2n) is 4.12. The fourth-order valence-corrected chi connectivity index (χ4v) is 2.02. The van der Waals surface area contributed by atoms with Crippen LogP contribution in [0.2, 0.25) is 0 Å². The molecule has 0 aliphatic rings. The Bertz CT molecular complexity index is 433. The smallest absolute Gasteiger partial charge is 0.125 e. The van der Waals surface area contributed by atoms with Crippen LogP contribution in [0.15, 0.2) is 35.2 Å². The molecule has 0 bridgehead atoms. The molecular weight excluding hydrogens is 214 g/mol. The number of hydrogen-bond donors (Lipinski definition) is 1. The van der Waals surface area contributed by atoms with Crippen LogP contribution in [0.4, 0.5) is 0 Å². The minimum absolute atomic E-state index is 0.282. The van der Waals surface area contributed by atoms with Crippen molar-refractivity contribution in [3.8, 4) is 0 Å². The molecule has 1 unspecified atom stereocenters. The Morgan fingerprint density at radius 2 is 2.41 bits per heavy atom. The first-order chi connectivity index (χ1) is 8.31. The second kappa shape index (κ2) is 5.68. The van der Waals surface area contributed by atoms with Crippen molar-refractivity contribution in [3.63, 3.8) is 0 Å². The van der Waals surface area contributed by atoms with Gasteiger partial charge in [0.15, 0.2) is 0 Å². The van der Waals surface area contributed by atoms with Gasteiger partial charge >= 0.3 is 0 Å². The molecule has 2 aromatic heterocycles. The van der Waals surface area contributed by atoms with E-state index in [1.54, 1.807) is 6.26 Å². The van der Waals surface area contributed by atoms with Crippen molar-refractivity contribution in [2.75, 3.05) is 6.54 Å². The van der Waals surface area contributed by atoms with Gasteiger partial charge in [0.2, 0.25) is 0 Å². The third-order valence-electron chi connectivity index (χ3n) is 2.88. The van der Waals surface area contributed by atoms with E-state index in [0.717, 1.165) is 31.0 Å². The SMILES string of the molecule is CCNC(CCc1ccco1)c1nccn1C. The molecule has 0 radical (unpaired) electrons. The van der Waals surface area contributed by atoms with Crippen molar-refractivity contribution < 1.29 is 4.42 Å². The highest BCUT2D eigenvalue weighted by Gasteiger charge is 2.15. The van der Waals surface area contributed by atoms with Crippen LogP contribution in [0, 0.1) is 0 Å². The first-order valence-corrected chi connectivity index (χ1v) is 6.04. The number of furan rings is 1. The van der Waals surface area contributed by atoms with Gasteiger partial charge in [0.05, 0.1) is 12.3 Å². The molecule has 17 heavy (non-hydrogen) atoms. The lowest BCUT2D eigenvalue weighted by atomic mass is 10.1. The summed E-state index contributed by atoms with van der Waals surface area (Å²) in [5, 5.41) is 3.46. The molecule has 0 saturated heterocycles. The summed E-state index contributed by atoms with van der Waals surface area (Å²) in [6.07, 6.45) is 7.46. The lowest BCUT2D eigenvalue weighted by Crippen LogP contribution is -2.24. The average molecular weight is 233 g/mol. The summed E-state index contributed by atoms with van der Waals surface area (Å²) >= 11 is 0. The first-order valence-electron chi connectivity index (χ1n) is 6.04. The fraction of sp³-hybridized carbons (Fsp3) is 0.462. The first kappa shape index (κ1) is 11.9. The molecule has 0 aromatic carbocycles. The standard InChI is InChI=1S/C13H19N3O/c1-3-14-12(13-15-8-9-16(13)2)7-6-11-5-4-10-17-11/h4-5,8-10,12,14H,3,6-7H2,1-2H3. The third-order valence-corrected chi connectivity index (χ3v) is 2.88. The topological polar surface area (TPSA) is 43.0 Å². The number of nitrogens with zero attached hydrogens (tertiary/aromatic N) is 2. The number of rotatable bonds is 6. The van der Waals surface area contributed by atoms with Crippen LogP contribution < -0.4 is 5.32 Å². The summed E-state index contributed by atoms with van der Waals surface area (Å²) < 4.78 is 7.42. The van der Waals surface area contributed by atoms with Gasteiger partial charge in [-0.05, 0) is 25.1 Å². The van der Waals surface area contributed by atoms with Crippen LogP contribution in [-0.2, 0) is 13.5 Å². The van der Waals surface area contributed by atoms with E-state index < -0.39 is 0 Å². The van der Waals surface area contributed by atoms with E-state index in [9.17, 15) is 0 Å². The van der Waals surface area contributed by atoms with Crippen LogP contribution >= 0.6 is 0 Å². The molecule has 2 rings (SSSR count). The van der Waals surface area contributed by atoms with Crippen molar-refractivity contribution in [1.82, 2.24) is 14.9 Å². The molecule has 0 aliphatic heterocycles. The summed E-state index contributed by atoms with van der Waals surface area (Å²) in [6.45, 7) is 3.05. The molecule has 4 heteroatoms. The third kappa shape index (κ3) is 2.97. The highest BCUT2D eigenvalue weighted by atomic mass is 16.3. The molecule has 92 valence electrons. The number of imidazole rings is 1. The molecule has 0 fully saturated rings. The monoisotopic (exact) mass is 233 g/mol. The van der Waals surface area contributed by atoms with Crippen LogP contribution in [-0.4, -0.2) is 16.1 Å². The van der Waals surface area contributed by atoms with Crippen molar-refractivity contribution in [2.45, 2.75) is 25.8 Å². The van der Waals surface area contributed by atoms with E-state index in [1.807, 2.05) is 31.6 Å². The van der Waals surface area contributed by atoms with E-state index >= 15 is 0 Å². The zero-order chi connectivity index (χ0) is 12.1. The molecule has 1 N–H and O–H groups in total. The van der Waals surface area contributed by atoms with Crippen molar-refractivity contribution in [3.05, 3.63) is 42.4 Å². The van der Waals surface area contributed by atoms with Crippen LogP contribution in [0.5, 0.6) is 0 Å². The zero-order valence-electron chi connectivity index (χ0n) is 10.4. The fourth-order valence-electron chi connectivity index (χ4n) is 2.02. The predicted octanol–water partition coefficient (Wildman–Crippen LogP) is 2.30. The van der Waals surface area contributed by atoms with Gasteiger partial charge in [-0.3, -0.25) is 0 Å².